The predicted molar refractivity (Wildman–Crippen MR) is 58.8 cm³/mol. The van der Waals surface area contributed by atoms with Crippen molar-refractivity contribution in [2.45, 2.75) is 0 Å². The van der Waals surface area contributed by atoms with Crippen molar-refractivity contribution in [2.24, 2.45) is 0 Å². The van der Waals surface area contributed by atoms with Crippen molar-refractivity contribution in [3.63, 3.8) is 0 Å². The van der Waals surface area contributed by atoms with Crippen molar-refractivity contribution in [2.75, 3.05) is 5.73 Å². The molecule has 0 fully saturated rings. The first-order valence-electron chi connectivity index (χ1n) is 4.53. The summed E-state index contributed by atoms with van der Waals surface area (Å²) in [6.07, 6.45) is 1.61. The van der Waals surface area contributed by atoms with Crippen molar-refractivity contribution in [1.29, 1.82) is 5.26 Å². The van der Waals surface area contributed by atoms with Crippen LogP contribution in [0.2, 0.25) is 0 Å². The fourth-order valence-corrected chi connectivity index (χ4v) is 1.41. The molecule has 2 N–H and O–H groups in total. The standard InChI is InChI=1S/C12H9N3/c13-8-10-11(14)6-7-15-12(10)9-4-2-1-3-5-9/h1-7H,(H2,14,15). The van der Waals surface area contributed by atoms with Gasteiger partial charge < -0.3 is 5.73 Å². The van der Waals surface area contributed by atoms with Gasteiger partial charge in [-0.15, -0.1) is 0 Å². The van der Waals surface area contributed by atoms with Crippen molar-refractivity contribution in [1.82, 2.24) is 4.98 Å². The van der Waals surface area contributed by atoms with E-state index in [0.717, 1.165) is 5.56 Å². The van der Waals surface area contributed by atoms with Gasteiger partial charge in [-0.3, -0.25) is 4.98 Å². The molecule has 0 unspecified atom stereocenters. The zero-order valence-electron chi connectivity index (χ0n) is 8.01. The van der Waals surface area contributed by atoms with Crippen molar-refractivity contribution in [3.05, 3.63) is 48.2 Å². The first-order valence-corrected chi connectivity index (χ1v) is 4.53. The van der Waals surface area contributed by atoms with Gasteiger partial charge in [-0.2, -0.15) is 5.26 Å². The molecule has 2 rings (SSSR count). The fraction of sp³-hybridized carbons (Fsp3) is 0. The molecule has 15 heavy (non-hydrogen) atoms. The second kappa shape index (κ2) is 3.81. The molecule has 0 saturated carbocycles. The van der Waals surface area contributed by atoms with E-state index in [-0.39, 0.29) is 0 Å². The molecule has 72 valence electrons. The summed E-state index contributed by atoms with van der Waals surface area (Å²) in [4.78, 5) is 4.18. The molecule has 0 atom stereocenters. The van der Waals surface area contributed by atoms with Crippen LogP contribution in [-0.2, 0) is 0 Å². The fourth-order valence-electron chi connectivity index (χ4n) is 1.41. The first-order chi connectivity index (χ1) is 7.33. The van der Waals surface area contributed by atoms with E-state index in [4.69, 9.17) is 11.0 Å². The highest BCUT2D eigenvalue weighted by Crippen LogP contribution is 2.23. The van der Waals surface area contributed by atoms with Crippen LogP contribution in [0.4, 0.5) is 5.69 Å². The van der Waals surface area contributed by atoms with E-state index < -0.39 is 0 Å². The van der Waals surface area contributed by atoms with Gasteiger partial charge in [0.25, 0.3) is 0 Å². The lowest BCUT2D eigenvalue weighted by atomic mass is 10.1. The molecule has 0 spiro atoms. The maximum absolute atomic E-state index is 8.99. The average molecular weight is 195 g/mol. The number of hydrogen-bond donors (Lipinski definition) is 1. The van der Waals surface area contributed by atoms with Crippen LogP contribution in [0.15, 0.2) is 42.6 Å². The van der Waals surface area contributed by atoms with E-state index in [1.807, 2.05) is 30.3 Å². The van der Waals surface area contributed by atoms with E-state index in [2.05, 4.69) is 11.1 Å². The second-order valence-corrected chi connectivity index (χ2v) is 3.10. The summed E-state index contributed by atoms with van der Waals surface area (Å²) >= 11 is 0. The van der Waals surface area contributed by atoms with Crippen LogP contribution in [0.1, 0.15) is 5.56 Å². The monoisotopic (exact) mass is 195 g/mol. The molecule has 1 aromatic carbocycles. The molecule has 0 bridgehead atoms. The summed E-state index contributed by atoms with van der Waals surface area (Å²) in [5, 5.41) is 8.99. The van der Waals surface area contributed by atoms with Gasteiger partial charge in [0.05, 0.1) is 11.4 Å². The normalized spacial score (nSPS) is 9.53. The Morgan fingerprint density at radius 2 is 1.87 bits per heavy atom. The van der Waals surface area contributed by atoms with E-state index in [1.165, 1.54) is 0 Å². The maximum atomic E-state index is 8.99. The highest BCUT2D eigenvalue weighted by molar-refractivity contribution is 5.73. The molecule has 3 nitrogen and oxygen atoms in total. The number of anilines is 1. The Hall–Kier alpha value is -2.34. The summed E-state index contributed by atoms with van der Waals surface area (Å²) in [5.74, 6) is 0. The number of benzene rings is 1. The molecule has 2 aromatic rings. The van der Waals surface area contributed by atoms with Crippen LogP contribution in [0.5, 0.6) is 0 Å². The first kappa shape index (κ1) is 9.22. The molecule has 0 aliphatic carbocycles. The Bertz CT molecular complexity index is 512. The summed E-state index contributed by atoms with van der Waals surface area (Å²) in [7, 11) is 0. The highest BCUT2D eigenvalue weighted by atomic mass is 14.7. The molecule has 1 aromatic heterocycles. The lowest BCUT2D eigenvalue weighted by molar-refractivity contribution is 1.30. The van der Waals surface area contributed by atoms with Crippen molar-refractivity contribution in [3.8, 4) is 17.3 Å². The third-order valence-electron chi connectivity index (χ3n) is 2.14. The topological polar surface area (TPSA) is 62.7 Å². The van der Waals surface area contributed by atoms with Gasteiger partial charge in [0, 0.05) is 11.8 Å². The number of rotatable bonds is 1. The van der Waals surface area contributed by atoms with Gasteiger partial charge in [-0.05, 0) is 6.07 Å². The van der Waals surface area contributed by atoms with Crippen molar-refractivity contribution >= 4 is 5.69 Å². The van der Waals surface area contributed by atoms with Gasteiger partial charge in [0.2, 0.25) is 0 Å². The molecular formula is C12H9N3. The Morgan fingerprint density at radius 3 is 2.53 bits per heavy atom. The lowest BCUT2D eigenvalue weighted by Gasteiger charge is -2.04. The zero-order valence-corrected chi connectivity index (χ0v) is 8.01. The average Bonchev–Trinajstić information content (AvgIpc) is 2.30. The highest BCUT2D eigenvalue weighted by Gasteiger charge is 2.08. The quantitative estimate of drug-likeness (QED) is 0.758. The molecule has 0 amide bonds. The zero-order chi connectivity index (χ0) is 10.7. The Labute approximate surface area is 87.8 Å². The number of hydrogen-bond acceptors (Lipinski definition) is 3. The number of nitrogens with two attached hydrogens (primary N) is 1. The smallest absolute Gasteiger partial charge is 0.104 e. The third-order valence-corrected chi connectivity index (χ3v) is 2.14. The van der Waals surface area contributed by atoms with Crippen LogP contribution in [0.25, 0.3) is 11.3 Å². The summed E-state index contributed by atoms with van der Waals surface area (Å²) in [6.45, 7) is 0. The van der Waals surface area contributed by atoms with Crippen LogP contribution < -0.4 is 5.73 Å². The Morgan fingerprint density at radius 1 is 1.13 bits per heavy atom. The minimum Gasteiger partial charge on any atom is -0.398 e. The number of nitriles is 1. The van der Waals surface area contributed by atoms with Crippen LogP contribution >= 0.6 is 0 Å². The Kier molecular flexibility index (Phi) is 2.34. The van der Waals surface area contributed by atoms with E-state index >= 15 is 0 Å². The summed E-state index contributed by atoms with van der Waals surface area (Å²) in [6, 6.07) is 13.2. The van der Waals surface area contributed by atoms with E-state index in [9.17, 15) is 0 Å². The second-order valence-electron chi connectivity index (χ2n) is 3.10. The SMILES string of the molecule is N#Cc1c(N)ccnc1-c1ccccc1. The van der Waals surface area contributed by atoms with Gasteiger partial charge in [-0.1, -0.05) is 30.3 Å². The van der Waals surface area contributed by atoms with Gasteiger partial charge >= 0.3 is 0 Å². The summed E-state index contributed by atoms with van der Waals surface area (Å²) in [5.41, 5.74) is 8.15. The van der Waals surface area contributed by atoms with E-state index in [0.29, 0.717) is 16.9 Å². The molecule has 0 aliphatic rings. The molecule has 1 heterocycles. The van der Waals surface area contributed by atoms with Crippen LogP contribution in [0.3, 0.4) is 0 Å². The predicted octanol–water partition coefficient (Wildman–Crippen LogP) is 2.20. The number of nitrogen functional groups attached to an aromatic ring is 1. The van der Waals surface area contributed by atoms with Crippen LogP contribution in [0, 0.1) is 11.3 Å². The van der Waals surface area contributed by atoms with Crippen molar-refractivity contribution < 1.29 is 0 Å². The molecular weight excluding hydrogens is 186 g/mol. The molecule has 0 saturated heterocycles. The Balaban J connectivity index is 2.65. The summed E-state index contributed by atoms with van der Waals surface area (Å²) < 4.78 is 0. The third kappa shape index (κ3) is 1.65. The van der Waals surface area contributed by atoms with Crippen LogP contribution in [-0.4, -0.2) is 4.98 Å². The minimum atomic E-state index is 0.434. The largest absolute Gasteiger partial charge is 0.398 e. The number of aromatic nitrogens is 1. The number of nitrogens with zero attached hydrogens (tertiary/aromatic N) is 2. The molecule has 0 aliphatic heterocycles. The molecule has 3 heteroatoms. The van der Waals surface area contributed by atoms with Gasteiger partial charge in [0.15, 0.2) is 0 Å². The van der Waals surface area contributed by atoms with Gasteiger partial charge in [-0.25, -0.2) is 0 Å². The van der Waals surface area contributed by atoms with E-state index in [1.54, 1.807) is 12.3 Å². The van der Waals surface area contributed by atoms with Gasteiger partial charge in [0.1, 0.15) is 11.6 Å². The lowest BCUT2D eigenvalue weighted by Crippen LogP contribution is -1.95. The minimum absolute atomic E-state index is 0.434. The molecule has 0 radical (unpaired) electrons. The number of pyridine rings is 1. The maximum Gasteiger partial charge on any atom is 0.104 e.